The normalized spacial score (nSPS) is 20.0. The molecule has 3 heterocycles. The van der Waals surface area contributed by atoms with Crippen LogP contribution in [0.25, 0.3) is 10.9 Å². The Labute approximate surface area is 143 Å². The van der Waals surface area contributed by atoms with Crippen molar-refractivity contribution in [3.63, 3.8) is 0 Å². The predicted octanol–water partition coefficient (Wildman–Crippen LogP) is 1.40. The Balaban J connectivity index is 1.57. The minimum Gasteiger partial charge on any atom is -0.377 e. The van der Waals surface area contributed by atoms with Crippen molar-refractivity contribution in [3.05, 3.63) is 64.2 Å². The summed E-state index contributed by atoms with van der Waals surface area (Å²) in [6.07, 6.45) is 1.84. The van der Waals surface area contributed by atoms with Gasteiger partial charge >= 0.3 is 0 Å². The highest BCUT2D eigenvalue weighted by Crippen LogP contribution is 2.19. The predicted molar refractivity (Wildman–Crippen MR) is 92.6 cm³/mol. The molecule has 25 heavy (non-hydrogen) atoms. The molecule has 128 valence electrons. The Hall–Kier alpha value is -2.93. The van der Waals surface area contributed by atoms with E-state index in [2.05, 4.69) is 15.4 Å². The second-order valence-corrected chi connectivity index (χ2v) is 6.22. The van der Waals surface area contributed by atoms with Gasteiger partial charge in [-0.25, -0.2) is 4.68 Å². The lowest BCUT2D eigenvalue weighted by molar-refractivity contribution is 0.0924. The van der Waals surface area contributed by atoms with E-state index in [0.717, 1.165) is 16.6 Å². The summed E-state index contributed by atoms with van der Waals surface area (Å²) in [4.78, 5) is 27.8. The van der Waals surface area contributed by atoms with Gasteiger partial charge in [0.05, 0.1) is 24.9 Å². The Morgan fingerprint density at radius 3 is 3.04 bits per heavy atom. The van der Waals surface area contributed by atoms with Crippen LogP contribution in [0.2, 0.25) is 0 Å². The molecule has 1 fully saturated rings. The zero-order valence-electron chi connectivity index (χ0n) is 13.7. The Morgan fingerprint density at radius 1 is 1.28 bits per heavy atom. The molecular weight excluding hydrogens is 320 g/mol. The fraction of sp³-hybridized carbons (Fsp3) is 0.278. The summed E-state index contributed by atoms with van der Waals surface area (Å²) in [5, 5.41) is 8.31. The van der Waals surface area contributed by atoms with E-state index < -0.39 is 0 Å². The lowest BCUT2D eigenvalue weighted by atomic mass is 10.1. The molecule has 0 saturated carbocycles. The number of hydrogen-bond donors (Lipinski definition) is 2. The third kappa shape index (κ3) is 2.94. The van der Waals surface area contributed by atoms with Gasteiger partial charge in [-0.2, -0.15) is 5.10 Å². The van der Waals surface area contributed by atoms with E-state index in [-0.39, 0.29) is 23.6 Å². The van der Waals surface area contributed by atoms with Crippen molar-refractivity contribution in [2.75, 3.05) is 13.2 Å². The molecule has 1 aromatic carbocycles. The molecule has 2 atom stereocenters. The molecule has 0 spiro atoms. The number of H-pyrrole nitrogens is 1. The van der Waals surface area contributed by atoms with Gasteiger partial charge < -0.3 is 15.0 Å². The molecule has 0 bridgehead atoms. The first-order valence-corrected chi connectivity index (χ1v) is 8.14. The molecule has 1 amide bonds. The summed E-state index contributed by atoms with van der Waals surface area (Å²) in [5.74, 6) is -0.197. The second kappa shape index (κ2) is 6.18. The van der Waals surface area contributed by atoms with Gasteiger partial charge in [0, 0.05) is 23.3 Å². The van der Waals surface area contributed by atoms with E-state index in [0.29, 0.717) is 18.8 Å². The fourth-order valence-corrected chi connectivity index (χ4v) is 3.12. The number of benzene rings is 1. The van der Waals surface area contributed by atoms with Crippen LogP contribution in [0.4, 0.5) is 0 Å². The number of carbonyl (C=O) groups is 1. The number of carbonyl (C=O) groups excluding carboxylic acids is 1. The summed E-state index contributed by atoms with van der Waals surface area (Å²) in [6.45, 7) is 2.52. The van der Waals surface area contributed by atoms with Gasteiger partial charge in [-0.1, -0.05) is 6.07 Å². The molecule has 2 aromatic heterocycles. The number of hydrogen-bond acceptors (Lipinski definition) is 4. The van der Waals surface area contributed by atoms with Crippen LogP contribution in [0.3, 0.4) is 0 Å². The number of nitrogens with one attached hydrogen (secondary N) is 2. The zero-order chi connectivity index (χ0) is 17.4. The number of rotatable bonds is 3. The number of amides is 1. The van der Waals surface area contributed by atoms with Crippen molar-refractivity contribution in [1.29, 1.82) is 0 Å². The third-order valence-electron chi connectivity index (χ3n) is 4.46. The molecule has 2 unspecified atom stereocenters. The number of fused-ring (bicyclic) bond motifs is 1. The quantitative estimate of drug-likeness (QED) is 0.755. The molecule has 1 aliphatic rings. The van der Waals surface area contributed by atoms with E-state index in [1.54, 1.807) is 12.1 Å². The SMILES string of the molecule is Cc1ccc(=O)n(C2COCC2NC(=O)c2ccc3cc[nH]c3c2)n1. The molecule has 7 heteroatoms. The van der Waals surface area contributed by atoms with Crippen molar-refractivity contribution in [3.8, 4) is 0 Å². The third-order valence-corrected chi connectivity index (χ3v) is 4.46. The van der Waals surface area contributed by atoms with Gasteiger partial charge in [0.1, 0.15) is 6.04 Å². The van der Waals surface area contributed by atoms with Gasteiger partial charge in [0.25, 0.3) is 11.5 Å². The Bertz CT molecular complexity index is 991. The van der Waals surface area contributed by atoms with E-state index >= 15 is 0 Å². The first-order valence-electron chi connectivity index (χ1n) is 8.14. The van der Waals surface area contributed by atoms with Crippen LogP contribution >= 0.6 is 0 Å². The van der Waals surface area contributed by atoms with E-state index in [9.17, 15) is 9.59 Å². The highest BCUT2D eigenvalue weighted by Gasteiger charge is 2.32. The van der Waals surface area contributed by atoms with Crippen molar-refractivity contribution >= 4 is 16.8 Å². The highest BCUT2D eigenvalue weighted by atomic mass is 16.5. The lowest BCUT2D eigenvalue weighted by Crippen LogP contribution is -2.44. The summed E-state index contributed by atoms with van der Waals surface area (Å²) in [5.41, 5.74) is 2.01. The average Bonchev–Trinajstić information content (AvgIpc) is 3.25. The van der Waals surface area contributed by atoms with Crippen molar-refractivity contribution in [2.24, 2.45) is 0 Å². The zero-order valence-corrected chi connectivity index (χ0v) is 13.7. The van der Waals surface area contributed by atoms with Crippen LogP contribution in [-0.4, -0.2) is 39.9 Å². The monoisotopic (exact) mass is 338 g/mol. The molecule has 3 aromatic rings. The maximum atomic E-state index is 12.6. The van der Waals surface area contributed by atoms with Crippen LogP contribution in [0.1, 0.15) is 22.1 Å². The summed E-state index contributed by atoms with van der Waals surface area (Å²) in [6, 6.07) is 9.99. The molecular formula is C18H18N4O3. The number of aromatic nitrogens is 3. The van der Waals surface area contributed by atoms with Gasteiger partial charge in [0.2, 0.25) is 0 Å². The number of aromatic amines is 1. The van der Waals surface area contributed by atoms with Crippen molar-refractivity contribution in [1.82, 2.24) is 20.1 Å². The second-order valence-electron chi connectivity index (χ2n) is 6.22. The standard InChI is InChI=1S/C18H18N4O3/c1-11-2-5-17(23)22(21-11)16-10-25-9-15(16)20-18(24)13-4-3-12-6-7-19-14(12)8-13/h2-8,15-16,19H,9-10H2,1H3,(H,20,24). The van der Waals surface area contributed by atoms with Gasteiger partial charge in [-0.05, 0) is 36.6 Å². The van der Waals surface area contributed by atoms with Crippen LogP contribution in [-0.2, 0) is 4.74 Å². The minimum atomic E-state index is -0.314. The van der Waals surface area contributed by atoms with Gasteiger partial charge in [-0.3, -0.25) is 9.59 Å². The Morgan fingerprint density at radius 2 is 2.16 bits per heavy atom. The fourth-order valence-electron chi connectivity index (χ4n) is 3.12. The van der Waals surface area contributed by atoms with Crippen molar-refractivity contribution < 1.29 is 9.53 Å². The van der Waals surface area contributed by atoms with E-state index in [4.69, 9.17) is 4.74 Å². The molecule has 2 N–H and O–H groups in total. The smallest absolute Gasteiger partial charge is 0.267 e. The summed E-state index contributed by atoms with van der Waals surface area (Å²) < 4.78 is 6.90. The molecule has 1 aliphatic heterocycles. The minimum absolute atomic E-state index is 0.197. The van der Waals surface area contributed by atoms with Crippen LogP contribution in [0, 0.1) is 6.92 Å². The van der Waals surface area contributed by atoms with Crippen LogP contribution < -0.4 is 10.9 Å². The number of aryl methyl sites for hydroxylation is 1. The lowest BCUT2D eigenvalue weighted by Gasteiger charge is -2.20. The molecule has 0 aliphatic carbocycles. The molecule has 7 nitrogen and oxygen atoms in total. The number of ether oxygens (including phenoxy) is 1. The molecule has 0 radical (unpaired) electrons. The summed E-state index contributed by atoms with van der Waals surface area (Å²) >= 11 is 0. The van der Waals surface area contributed by atoms with Gasteiger partial charge in [0.15, 0.2) is 0 Å². The van der Waals surface area contributed by atoms with Crippen LogP contribution in [0.5, 0.6) is 0 Å². The average molecular weight is 338 g/mol. The first kappa shape index (κ1) is 15.6. The maximum absolute atomic E-state index is 12.6. The summed E-state index contributed by atoms with van der Waals surface area (Å²) in [7, 11) is 0. The first-order chi connectivity index (χ1) is 12.1. The van der Waals surface area contributed by atoms with Crippen molar-refractivity contribution in [2.45, 2.75) is 19.0 Å². The van der Waals surface area contributed by atoms with Crippen LogP contribution in [0.15, 0.2) is 47.4 Å². The van der Waals surface area contributed by atoms with E-state index in [1.165, 1.54) is 10.7 Å². The topological polar surface area (TPSA) is 89.0 Å². The Kier molecular flexibility index (Phi) is 3.85. The maximum Gasteiger partial charge on any atom is 0.267 e. The molecule has 4 rings (SSSR count). The van der Waals surface area contributed by atoms with Gasteiger partial charge in [-0.15, -0.1) is 0 Å². The largest absolute Gasteiger partial charge is 0.377 e. The van der Waals surface area contributed by atoms with E-state index in [1.807, 2.05) is 31.3 Å². The molecule has 1 saturated heterocycles. The number of nitrogens with zero attached hydrogens (tertiary/aromatic N) is 2. The highest BCUT2D eigenvalue weighted by molar-refractivity contribution is 5.98.